The summed E-state index contributed by atoms with van der Waals surface area (Å²) in [6.07, 6.45) is 6.50. The number of carbonyl (C=O) groups is 2. The fourth-order valence-electron chi connectivity index (χ4n) is 3.23. The number of fused-ring (bicyclic) bond motifs is 1. The van der Waals surface area contributed by atoms with Gasteiger partial charge in [-0.3, -0.25) is 9.59 Å². The highest BCUT2D eigenvalue weighted by atomic mass is 32.2. The summed E-state index contributed by atoms with van der Waals surface area (Å²) in [6.45, 7) is 0. The van der Waals surface area contributed by atoms with E-state index < -0.39 is 17.4 Å². The Bertz CT molecular complexity index is 954. The van der Waals surface area contributed by atoms with Crippen LogP contribution in [0.3, 0.4) is 0 Å². The lowest BCUT2D eigenvalue weighted by Crippen LogP contribution is -2.27. The van der Waals surface area contributed by atoms with Gasteiger partial charge in [-0.1, -0.05) is 24.6 Å². The summed E-state index contributed by atoms with van der Waals surface area (Å²) in [5.41, 5.74) is 0.578. The lowest BCUT2D eigenvalue weighted by molar-refractivity contribution is 0.0696. The molecule has 142 valence electrons. The van der Waals surface area contributed by atoms with Crippen LogP contribution in [0, 0.1) is 0 Å². The Morgan fingerprint density at radius 3 is 2.56 bits per heavy atom. The molecule has 1 amide bonds. The van der Waals surface area contributed by atoms with Crippen molar-refractivity contribution in [3.8, 4) is 0 Å². The predicted molar refractivity (Wildman–Crippen MR) is 108 cm³/mol. The number of hydrogen-bond donors (Lipinski definition) is 3. The molecular formula is C20H22N2O4S. The van der Waals surface area contributed by atoms with Gasteiger partial charge in [-0.05, 0) is 47.6 Å². The second-order valence-corrected chi connectivity index (χ2v) is 7.56. The molecule has 2 aromatic rings. The highest BCUT2D eigenvalue weighted by Crippen LogP contribution is 2.39. The Kier molecular flexibility index (Phi) is 6.01. The number of pyridine rings is 1. The molecule has 1 saturated carbocycles. The molecule has 0 bridgehead atoms. The van der Waals surface area contributed by atoms with Gasteiger partial charge in [0.05, 0.1) is 11.1 Å². The molecule has 0 radical (unpaired) electrons. The van der Waals surface area contributed by atoms with Crippen LogP contribution in [0.2, 0.25) is 0 Å². The number of carbonyl (C=O) groups excluding carboxylic acids is 1. The molecule has 2 heterocycles. The van der Waals surface area contributed by atoms with Crippen molar-refractivity contribution in [1.82, 2.24) is 10.3 Å². The molecule has 0 unspecified atom stereocenters. The molecule has 27 heavy (non-hydrogen) atoms. The summed E-state index contributed by atoms with van der Waals surface area (Å²) in [4.78, 5) is 38.0. The number of aromatic carboxylic acids is 1. The van der Waals surface area contributed by atoms with Gasteiger partial charge in [0.15, 0.2) is 0 Å². The van der Waals surface area contributed by atoms with Crippen molar-refractivity contribution in [2.45, 2.75) is 31.6 Å². The third kappa shape index (κ3) is 4.08. The molecule has 3 N–H and O–H groups in total. The number of carboxylic acid groups (broad SMARTS) is 1. The van der Waals surface area contributed by atoms with E-state index in [1.165, 1.54) is 25.3 Å². The number of amides is 1. The number of nitrogens with one attached hydrogen (secondary N) is 2. The van der Waals surface area contributed by atoms with Gasteiger partial charge >= 0.3 is 5.97 Å². The molecule has 1 aliphatic carbocycles. The van der Waals surface area contributed by atoms with Gasteiger partial charge in [0.2, 0.25) is 0 Å². The molecule has 1 aliphatic heterocycles. The lowest BCUT2D eigenvalue weighted by atomic mass is 9.77. The van der Waals surface area contributed by atoms with E-state index in [2.05, 4.69) is 21.8 Å². The fourth-order valence-corrected chi connectivity index (χ4v) is 3.91. The van der Waals surface area contributed by atoms with Crippen LogP contribution in [-0.2, 0) is 0 Å². The number of carboxylic acids is 1. The molecule has 0 spiro atoms. The van der Waals surface area contributed by atoms with Gasteiger partial charge in [0, 0.05) is 12.8 Å². The number of aromatic nitrogens is 1. The van der Waals surface area contributed by atoms with Crippen LogP contribution in [0.4, 0.5) is 0 Å². The van der Waals surface area contributed by atoms with Gasteiger partial charge in [0.1, 0.15) is 5.56 Å². The quantitative estimate of drug-likeness (QED) is 0.750. The normalized spacial score (nSPS) is 15.7. The van der Waals surface area contributed by atoms with E-state index in [0.717, 1.165) is 24.8 Å². The van der Waals surface area contributed by atoms with Crippen LogP contribution in [0.15, 0.2) is 34.5 Å². The van der Waals surface area contributed by atoms with Crippen molar-refractivity contribution < 1.29 is 14.7 Å². The van der Waals surface area contributed by atoms with E-state index in [4.69, 9.17) is 0 Å². The van der Waals surface area contributed by atoms with Gasteiger partial charge in [-0.15, -0.1) is 11.8 Å². The standard InChI is InChI=1S/C16H16N2O4.C4H6S/c1-17-14(19)11-7-9-5-6-10(8-3-2-4-8)12(16(21)22)13(9)18-15(11)20;1-2-4-5-3-1/h5-8H,2-4H2,1H3,(H,17,19)(H,18,20)(H,21,22);1,3H,2,4H2. The van der Waals surface area contributed by atoms with E-state index in [9.17, 15) is 19.5 Å². The summed E-state index contributed by atoms with van der Waals surface area (Å²) in [6, 6.07) is 4.99. The van der Waals surface area contributed by atoms with Crippen LogP contribution < -0.4 is 10.9 Å². The summed E-state index contributed by atoms with van der Waals surface area (Å²) < 4.78 is 0. The van der Waals surface area contributed by atoms with E-state index in [1.807, 2.05) is 11.8 Å². The largest absolute Gasteiger partial charge is 0.478 e. The molecule has 1 aromatic heterocycles. The molecule has 0 saturated heterocycles. The van der Waals surface area contributed by atoms with Crippen molar-refractivity contribution in [3.05, 3.63) is 56.7 Å². The van der Waals surface area contributed by atoms with Gasteiger partial charge in [-0.25, -0.2) is 4.79 Å². The number of benzene rings is 1. The molecule has 1 aromatic carbocycles. The van der Waals surface area contributed by atoms with Gasteiger partial charge < -0.3 is 15.4 Å². The van der Waals surface area contributed by atoms with Crippen molar-refractivity contribution in [2.24, 2.45) is 0 Å². The van der Waals surface area contributed by atoms with Crippen molar-refractivity contribution in [3.63, 3.8) is 0 Å². The third-order valence-electron chi connectivity index (χ3n) is 4.88. The summed E-state index contributed by atoms with van der Waals surface area (Å²) in [7, 11) is 1.44. The molecule has 6 nitrogen and oxygen atoms in total. The highest BCUT2D eigenvalue weighted by molar-refractivity contribution is 8.02. The zero-order valence-corrected chi connectivity index (χ0v) is 15.9. The smallest absolute Gasteiger partial charge is 0.338 e. The second-order valence-electron chi connectivity index (χ2n) is 6.55. The maximum atomic E-state index is 12.1. The lowest BCUT2D eigenvalue weighted by Gasteiger charge is -2.27. The van der Waals surface area contributed by atoms with E-state index in [1.54, 1.807) is 12.1 Å². The molecule has 4 rings (SSSR count). The van der Waals surface area contributed by atoms with Crippen molar-refractivity contribution >= 4 is 34.5 Å². The minimum Gasteiger partial charge on any atom is -0.478 e. The second kappa shape index (κ2) is 8.43. The maximum Gasteiger partial charge on any atom is 0.338 e. The fraction of sp³-hybridized carbons (Fsp3) is 0.350. The monoisotopic (exact) mass is 386 g/mol. The average molecular weight is 386 g/mol. The van der Waals surface area contributed by atoms with Crippen LogP contribution in [0.25, 0.3) is 10.9 Å². The maximum absolute atomic E-state index is 12.1. The third-order valence-corrected chi connectivity index (χ3v) is 5.73. The van der Waals surface area contributed by atoms with Gasteiger partial charge in [0.25, 0.3) is 11.5 Å². The summed E-state index contributed by atoms with van der Waals surface area (Å²) in [5.74, 6) is -0.0171. The summed E-state index contributed by atoms with van der Waals surface area (Å²) >= 11 is 1.89. The number of thioether (sulfide) groups is 1. The Labute approximate surface area is 161 Å². The van der Waals surface area contributed by atoms with Crippen molar-refractivity contribution in [1.29, 1.82) is 0 Å². The van der Waals surface area contributed by atoms with Crippen LogP contribution in [0.5, 0.6) is 0 Å². The first-order chi connectivity index (χ1) is 13.0. The van der Waals surface area contributed by atoms with Crippen molar-refractivity contribution in [2.75, 3.05) is 12.8 Å². The molecule has 7 heteroatoms. The molecule has 1 fully saturated rings. The minimum atomic E-state index is -1.06. The van der Waals surface area contributed by atoms with Crippen LogP contribution in [0.1, 0.15) is 57.9 Å². The number of allylic oxidation sites excluding steroid dienone is 1. The zero-order chi connectivity index (χ0) is 19.4. The molecule has 2 aliphatic rings. The van der Waals surface area contributed by atoms with E-state index >= 15 is 0 Å². The van der Waals surface area contributed by atoms with E-state index in [-0.39, 0.29) is 22.6 Å². The topological polar surface area (TPSA) is 99.3 Å². The molecule has 0 atom stereocenters. The Balaban J connectivity index is 0.000000364. The Hall–Kier alpha value is -2.54. The number of rotatable bonds is 3. The first kappa shape index (κ1) is 19.2. The highest BCUT2D eigenvalue weighted by Gasteiger charge is 2.26. The first-order valence-electron chi connectivity index (χ1n) is 8.95. The predicted octanol–water partition coefficient (Wildman–Crippen LogP) is 3.49. The number of hydrogen-bond acceptors (Lipinski definition) is 4. The van der Waals surface area contributed by atoms with Gasteiger partial charge in [-0.2, -0.15) is 0 Å². The molecular weight excluding hydrogens is 364 g/mol. The summed E-state index contributed by atoms with van der Waals surface area (Å²) in [5, 5.41) is 14.6. The van der Waals surface area contributed by atoms with Crippen LogP contribution >= 0.6 is 11.8 Å². The Morgan fingerprint density at radius 1 is 1.30 bits per heavy atom. The number of H-pyrrole nitrogens is 1. The average Bonchev–Trinajstić information content (AvgIpc) is 3.18. The minimum absolute atomic E-state index is 0.0252. The van der Waals surface area contributed by atoms with Crippen LogP contribution in [-0.4, -0.2) is 34.8 Å². The first-order valence-corrected chi connectivity index (χ1v) is 9.99. The SMILES string of the molecule is C1=CSCC1.CNC(=O)c1cc2ccc(C3CCC3)c(C(=O)O)c2[nH]c1=O. The van der Waals surface area contributed by atoms with E-state index in [0.29, 0.717) is 5.39 Å². The zero-order valence-electron chi connectivity index (χ0n) is 15.1. The number of aromatic amines is 1. The Morgan fingerprint density at radius 2 is 2.07 bits per heavy atom.